The van der Waals surface area contributed by atoms with Crippen molar-refractivity contribution in [2.75, 3.05) is 6.61 Å². The Kier molecular flexibility index (Phi) is 3.66. The van der Waals surface area contributed by atoms with Crippen LogP contribution in [-0.4, -0.2) is 18.4 Å². The molecular weight excluding hydrogens is 192 g/mol. The molecule has 0 aliphatic heterocycles. The van der Waals surface area contributed by atoms with Gasteiger partial charge in [-0.15, -0.1) is 6.58 Å². The molecule has 1 aliphatic rings. The molecule has 0 N–H and O–H groups in total. The molecule has 3 heteroatoms. The van der Waals surface area contributed by atoms with Gasteiger partial charge in [0.25, 0.3) is 0 Å². The predicted molar refractivity (Wildman–Crippen MR) is 57.3 cm³/mol. The molecule has 3 nitrogen and oxygen atoms in total. The zero-order valence-electron chi connectivity index (χ0n) is 9.41. The maximum absolute atomic E-state index is 11.9. The number of Topliss-reactive ketones (excluding diaryl/α,β-unsaturated/α-hetero) is 1. The SMILES string of the molecule is C=C[C@@H]1CCCC(=O)[C@]1(C)C(=O)OCC. The van der Waals surface area contributed by atoms with Gasteiger partial charge in [-0.25, -0.2) is 0 Å². The van der Waals surface area contributed by atoms with E-state index in [1.165, 1.54) is 0 Å². The fourth-order valence-electron chi connectivity index (χ4n) is 2.14. The highest BCUT2D eigenvalue weighted by Gasteiger charge is 2.49. The zero-order valence-corrected chi connectivity index (χ0v) is 9.41. The van der Waals surface area contributed by atoms with Crippen LogP contribution in [0.25, 0.3) is 0 Å². The fourth-order valence-corrected chi connectivity index (χ4v) is 2.14. The van der Waals surface area contributed by atoms with Gasteiger partial charge >= 0.3 is 5.97 Å². The van der Waals surface area contributed by atoms with Crippen LogP contribution in [0.3, 0.4) is 0 Å². The summed E-state index contributed by atoms with van der Waals surface area (Å²) < 4.78 is 4.98. The van der Waals surface area contributed by atoms with Crippen molar-refractivity contribution in [3.8, 4) is 0 Å². The van der Waals surface area contributed by atoms with Crippen LogP contribution >= 0.6 is 0 Å². The summed E-state index contributed by atoms with van der Waals surface area (Å²) >= 11 is 0. The third-order valence-corrected chi connectivity index (χ3v) is 3.22. The summed E-state index contributed by atoms with van der Waals surface area (Å²) in [5, 5.41) is 0. The lowest BCUT2D eigenvalue weighted by atomic mass is 9.66. The monoisotopic (exact) mass is 210 g/mol. The minimum Gasteiger partial charge on any atom is -0.465 e. The Hall–Kier alpha value is -1.12. The smallest absolute Gasteiger partial charge is 0.319 e. The van der Waals surface area contributed by atoms with Crippen molar-refractivity contribution in [1.82, 2.24) is 0 Å². The van der Waals surface area contributed by atoms with Gasteiger partial charge in [-0.1, -0.05) is 6.08 Å². The Morgan fingerprint density at radius 2 is 2.40 bits per heavy atom. The van der Waals surface area contributed by atoms with Crippen LogP contribution in [0.15, 0.2) is 12.7 Å². The molecule has 1 fully saturated rings. The van der Waals surface area contributed by atoms with Crippen LogP contribution in [0.1, 0.15) is 33.1 Å². The molecule has 2 atom stereocenters. The molecule has 0 amide bonds. The number of ketones is 1. The maximum Gasteiger partial charge on any atom is 0.319 e. The second-order valence-corrected chi connectivity index (χ2v) is 4.08. The summed E-state index contributed by atoms with van der Waals surface area (Å²) in [5.74, 6) is -0.505. The number of carbonyl (C=O) groups is 2. The number of esters is 1. The molecule has 0 aromatic carbocycles. The van der Waals surface area contributed by atoms with E-state index in [9.17, 15) is 9.59 Å². The normalized spacial score (nSPS) is 31.1. The van der Waals surface area contributed by atoms with E-state index in [2.05, 4.69) is 6.58 Å². The predicted octanol–water partition coefficient (Wildman–Crippen LogP) is 2.11. The fraction of sp³-hybridized carbons (Fsp3) is 0.667. The standard InChI is InChI=1S/C12H18O3/c1-4-9-7-6-8-10(13)12(9,3)11(14)15-5-2/h4,9H,1,5-8H2,2-3H3/t9-,12-/m1/s1. The lowest BCUT2D eigenvalue weighted by Gasteiger charge is -2.35. The molecule has 0 saturated heterocycles. The highest BCUT2D eigenvalue weighted by Crippen LogP contribution is 2.40. The summed E-state index contributed by atoms with van der Waals surface area (Å²) in [7, 11) is 0. The van der Waals surface area contributed by atoms with E-state index < -0.39 is 11.4 Å². The number of hydrogen-bond donors (Lipinski definition) is 0. The first kappa shape index (κ1) is 12.0. The van der Waals surface area contributed by atoms with Crippen molar-refractivity contribution in [3.63, 3.8) is 0 Å². The van der Waals surface area contributed by atoms with Gasteiger partial charge in [0, 0.05) is 6.42 Å². The second-order valence-electron chi connectivity index (χ2n) is 4.08. The Morgan fingerprint density at radius 3 is 2.93 bits per heavy atom. The van der Waals surface area contributed by atoms with Gasteiger partial charge in [0.2, 0.25) is 0 Å². The molecule has 0 heterocycles. The molecule has 0 radical (unpaired) electrons. The molecule has 1 rings (SSSR count). The molecule has 84 valence electrons. The summed E-state index contributed by atoms with van der Waals surface area (Å²) in [6.45, 7) is 7.43. The first-order valence-corrected chi connectivity index (χ1v) is 5.40. The van der Waals surface area contributed by atoms with Crippen molar-refractivity contribution in [1.29, 1.82) is 0 Å². The molecule has 0 bridgehead atoms. The molecular formula is C12H18O3. The van der Waals surface area contributed by atoms with Crippen LogP contribution in [0, 0.1) is 11.3 Å². The molecule has 1 aliphatic carbocycles. The van der Waals surface area contributed by atoms with Crippen molar-refractivity contribution in [2.45, 2.75) is 33.1 Å². The average molecular weight is 210 g/mol. The molecule has 1 saturated carbocycles. The zero-order chi connectivity index (χ0) is 11.5. The van der Waals surface area contributed by atoms with Crippen molar-refractivity contribution in [3.05, 3.63) is 12.7 Å². The van der Waals surface area contributed by atoms with Crippen molar-refractivity contribution < 1.29 is 14.3 Å². The van der Waals surface area contributed by atoms with E-state index >= 15 is 0 Å². The minimum atomic E-state index is -1.00. The van der Waals surface area contributed by atoms with Crippen molar-refractivity contribution in [2.24, 2.45) is 11.3 Å². The van der Waals surface area contributed by atoms with Crippen LogP contribution in [0.4, 0.5) is 0 Å². The molecule has 0 aromatic rings. The second kappa shape index (κ2) is 4.60. The third-order valence-electron chi connectivity index (χ3n) is 3.22. The average Bonchev–Trinajstić information content (AvgIpc) is 2.22. The number of carbonyl (C=O) groups excluding carboxylic acids is 2. The van der Waals surface area contributed by atoms with E-state index in [1.54, 1.807) is 19.9 Å². The lowest BCUT2D eigenvalue weighted by Crippen LogP contribution is -2.46. The van der Waals surface area contributed by atoms with Gasteiger partial charge < -0.3 is 4.74 Å². The van der Waals surface area contributed by atoms with Crippen LogP contribution < -0.4 is 0 Å². The Balaban J connectivity index is 2.96. The highest BCUT2D eigenvalue weighted by atomic mass is 16.5. The van der Waals surface area contributed by atoms with Gasteiger partial charge in [0.05, 0.1) is 6.61 Å². The van der Waals surface area contributed by atoms with Gasteiger partial charge in [0.15, 0.2) is 5.78 Å². The maximum atomic E-state index is 11.9. The van der Waals surface area contributed by atoms with Crippen LogP contribution in [0.2, 0.25) is 0 Å². The quantitative estimate of drug-likeness (QED) is 0.407. The Labute approximate surface area is 90.5 Å². The number of allylic oxidation sites excluding steroid dienone is 1. The van der Waals surface area contributed by atoms with E-state index in [1.807, 2.05) is 0 Å². The number of hydrogen-bond acceptors (Lipinski definition) is 3. The minimum absolute atomic E-state index is 0.0166. The molecule has 0 aromatic heterocycles. The van der Waals surface area contributed by atoms with E-state index in [4.69, 9.17) is 4.74 Å². The highest BCUT2D eigenvalue weighted by molar-refractivity contribution is 6.04. The number of ether oxygens (including phenoxy) is 1. The summed E-state index contributed by atoms with van der Waals surface area (Å²) in [6.07, 6.45) is 3.85. The third kappa shape index (κ3) is 1.96. The Bertz CT molecular complexity index is 283. The van der Waals surface area contributed by atoms with Gasteiger partial charge in [-0.3, -0.25) is 9.59 Å². The number of rotatable bonds is 3. The molecule has 0 unspecified atom stereocenters. The van der Waals surface area contributed by atoms with Crippen molar-refractivity contribution >= 4 is 11.8 Å². The summed E-state index contributed by atoms with van der Waals surface area (Å²) in [6, 6.07) is 0. The van der Waals surface area contributed by atoms with E-state index in [0.29, 0.717) is 13.0 Å². The lowest BCUT2D eigenvalue weighted by molar-refractivity contribution is -0.163. The van der Waals surface area contributed by atoms with Gasteiger partial charge in [0.1, 0.15) is 5.41 Å². The van der Waals surface area contributed by atoms with E-state index in [0.717, 1.165) is 12.8 Å². The summed E-state index contributed by atoms with van der Waals surface area (Å²) in [5.41, 5.74) is -1.00. The summed E-state index contributed by atoms with van der Waals surface area (Å²) in [4.78, 5) is 23.7. The largest absolute Gasteiger partial charge is 0.465 e. The molecule has 15 heavy (non-hydrogen) atoms. The van der Waals surface area contributed by atoms with Gasteiger partial charge in [-0.05, 0) is 32.6 Å². The topological polar surface area (TPSA) is 43.4 Å². The first-order valence-electron chi connectivity index (χ1n) is 5.40. The van der Waals surface area contributed by atoms with E-state index in [-0.39, 0.29) is 11.7 Å². The molecule has 0 spiro atoms. The van der Waals surface area contributed by atoms with Crippen LogP contribution in [-0.2, 0) is 14.3 Å². The van der Waals surface area contributed by atoms with Gasteiger partial charge in [-0.2, -0.15) is 0 Å². The van der Waals surface area contributed by atoms with Crippen LogP contribution in [0.5, 0.6) is 0 Å². The Morgan fingerprint density at radius 1 is 1.73 bits per heavy atom. The first-order chi connectivity index (χ1) is 7.07.